The fourth-order valence-corrected chi connectivity index (χ4v) is 2.97. The molecule has 0 amide bonds. The van der Waals surface area contributed by atoms with Gasteiger partial charge < -0.3 is 14.5 Å². The third-order valence-electron chi connectivity index (χ3n) is 3.54. The van der Waals surface area contributed by atoms with Gasteiger partial charge in [-0.1, -0.05) is 15.9 Å². The highest BCUT2D eigenvalue weighted by atomic mass is 79.9. The second-order valence-corrected chi connectivity index (χ2v) is 6.11. The van der Waals surface area contributed by atoms with Crippen molar-refractivity contribution in [3.63, 3.8) is 0 Å². The molecule has 19 heavy (non-hydrogen) atoms. The summed E-state index contributed by atoms with van der Waals surface area (Å²) in [5, 5.41) is 4.66. The Labute approximate surface area is 121 Å². The SMILES string of the molecule is COCc1c(CNC2CC2)oc2c(C)cc(Br)cc12. The van der Waals surface area contributed by atoms with Crippen molar-refractivity contribution in [1.29, 1.82) is 0 Å². The van der Waals surface area contributed by atoms with E-state index in [0.717, 1.165) is 38.9 Å². The van der Waals surface area contributed by atoms with E-state index in [9.17, 15) is 0 Å². The van der Waals surface area contributed by atoms with Gasteiger partial charge in [-0.15, -0.1) is 0 Å². The van der Waals surface area contributed by atoms with Crippen molar-refractivity contribution in [2.75, 3.05) is 7.11 Å². The van der Waals surface area contributed by atoms with E-state index in [-0.39, 0.29) is 0 Å². The van der Waals surface area contributed by atoms with E-state index in [1.165, 1.54) is 12.8 Å². The molecule has 0 saturated heterocycles. The quantitative estimate of drug-likeness (QED) is 0.906. The fraction of sp³-hybridized carbons (Fsp3) is 0.467. The lowest BCUT2D eigenvalue weighted by Crippen LogP contribution is -2.15. The van der Waals surface area contributed by atoms with Crippen LogP contribution in [-0.4, -0.2) is 13.2 Å². The Morgan fingerprint density at radius 3 is 2.89 bits per heavy atom. The Morgan fingerprint density at radius 1 is 1.42 bits per heavy atom. The number of benzene rings is 1. The summed E-state index contributed by atoms with van der Waals surface area (Å²) in [7, 11) is 1.72. The molecule has 0 spiro atoms. The topological polar surface area (TPSA) is 34.4 Å². The first kappa shape index (κ1) is 13.2. The highest BCUT2D eigenvalue weighted by Gasteiger charge is 2.22. The molecule has 1 aliphatic rings. The zero-order valence-corrected chi connectivity index (χ0v) is 12.8. The summed E-state index contributed by atoms with van der Waals surface area (Å²) in [6.45, 7) is 3.45. The Morgan fingerprint density at radius 2 is 2.21 bits per heavy atom. The number of hydrogen-bond acceptors (Lipinski definition) is 3. The minimum atomic E-state index is 0.588. The monoisotopic (exact) mass is 323 g/mol. The predicted molar refractivity (Wildman–Crippen MR) is 79.2 cm³/mol. The molecule has 1 saturated carbocycles. The Bertz CT molecular complexity index is 602. The summed E-state index contributed by atoms with van der Waals surface area (Å²) in [6, 6.07) is 4.87. The van der Waals surface area contributed by atoms with Crippen LogP contribution in [-0.2, 0) is 17.9 Å². The second-order valence-electron chi connectivity index (χ2n) is 5.19. The summed E-state index contributed by atoms with van der Waals surface area (Å²) in [5.41, 5.74) is 3.29. The molecule has 3 rings (SSSR count). The lowest BCUT2D eigenvalue weighted by molar-refractivity contribution is 0.183. The molecule has 0 aliphatic heterocycles. The van der Waals surface area contributed by atoms with E-state index in [1.54, 1.807) is 7.11 Å². The van der Waals surface area contributed by atoms with Crippen molar-refractivity contribution >= 4 is 26.9 Å². The average molecular weight is 324 g/mol. The first-order valence-electron chi connectivity index (χ1n) is 6.61. The van der Waals surface area contributed by atoms with Gasteiger partial charge in [0.25, 0.3) is 0 Å². The minimum absolute atomic E-state index is 0.588. The van der Waals surface area contributed by atoms with Gasteiger partial charge in [-0.25, -0.2) is 0 Å². The zero-order valence-electron chi connectivity index (χ0n) is 11.3. The molecular weight excluding hydrogens is 306 g/mol. The van der Waals surface area contributed by atoms with Gasteiger partial charge in [-0.2, -0.15) is 0 Å². The van der Waals surface area contributed by atoms with Crippen LogP contribution in [0.1, 0.15) is 29.7 Å². The summed E-state index contributed by atoms with van der Waals surface area (Å²) in [6.07, 6.45) is 2.56. The van der Waals surface area contributed by atoms with Crippen molar-refractivity contribution < 1.29 is 9.15 Å². The van der Waals surface area contributed by atoms with E-state index in [4.69, 9.17) is 9.15 Å². The molecule has 0 unspecified atom stereocenters. The third kappa shape index (κ3) is 2.71. The van der Waals surface area contributed by atoms with Crippen LogP contribution in [0.2, 0.25) is 0 Å². The maximum Gasteiger partial charge on any atom is 0.137 e. The standard InChI is InChI=1S/C15H18BrNO2/c1-9-5-10(16)6-12-13(8-18-2)14(19-15(9)12)7-17-11-3-4-11/h5-6,11,17H,3-4,7-8H2,1-2H3. The molecule has 0 bridgehead atoms. The van der Waals surface area contributed by atoms with Gasteiger partial charge in [0.05, 0.1) is 13.2 Å². The summed E-state index contributed by atoms with van der Waals surface area (Å²) < 4.78 is 12.5. The van der Waals surface area contributed by atoms with Crippen molar-refractivity contribution in [2.24, 2.45) is 0 Å². The molecule has 0 atom stereocenters. The highest BCUT2D eigenvalue weighted by molar-refractivity contribution is 9.10. The molecule has 1 aliphatic carbocycles. The van der Waals surface area contributed by atoms with Crippen LogP contribution in [0.25, 0.3) is 11.0 Å². The van der Waals surface area contributed by atoms with E-state index in [1.807, 2.05) is 0 Å². The maximum atomic E-state index is 6.05. The van der Waals surface area contributed by atoms with E-state index >= 15 is 0 Å². The third-order valence-corrected chi connectivity index (χ3v) is 4.00. The first-order valence-corrected chi connectivity index (χ1v) is 7.41. The lowest BCUT2D eigenvalue weighted by Gasteiger charge is -2.03. The largest absolute Gasteiger partial charge is 0.459 e. The molecule has 1 N–H and O–H groups in total. The van der Waals surface area contributed by atoms with E-state index < -0.39 is 0 Å². The zero-order chi connectivity index (χ0) is 13.4. The van der Waals surface area contributed by atoms with Crippen molar-refractivity contribution in [1.82, 2.24) is 5.32 Å². The van der Waals surface area contributed by atoms with Crippen molar-refractivity contribution in [3.05, 3.63) is 33.5 Å². The van der Waals surface area contributed by atoms with Crippen LogP contribution in [0.15, 0.2) is 21.0 Å². The smallest absolute Gasteiger partial charge is 0.137 e. The van der Waals surface area contributed by atoms with Gasteiger partial charge in [0.15, 0.2) is 0 Å². The average Bonchev–Trinajstić information content (AvgIpc) is 3.13. The molecule has 102 valence electrons. The van der Waals surface area contributed by atoms with Crippen LogP contribution in [0.3, 0.4) is 0 Å². The van der Waals surface area contributed by atoms with Crippen molar-refractivity contribution in [2.45, 2.75) is 39.0 Å². The van der Waals surface area contributed by atoms with Crippen molar-refractivity contribution in [3.8, 4) is 0 Å². The molecular formula is C15H18BrNO2. The molecule has 1 fully saturated rings. The molecule has 1 aromatic heterocycles. The number of rotatable bonds is 5. The maximum absolute atomic E-state index is 6.05. The van der Waals surface area contributed by atoms with Crippen LogP contribution >= 0.6 is 15.9 Å². The Balaban J connectivity index is 2.03. The number of halogens is 1. The number of ether oxygens (including phenoxy) is 1. The van der Waals surface area contributed by atoms with Gasteiger partial charge in [0.1, 0.15) is 11.3 Å². The van der Waals surface area contributed by atoms with Crippen LogP contribution in [0.5, 0.6) is 0 Å². The molecule has 1 aromatic carbocycles. The lowest BCUT2D eigenvalue weighted by atomic mass is 10.1. The van der Waals surface area contributed by atoms with Crippen LogP contribution in [0, 0.1) is 6.92 Å². The summed E-state index contributed by atoms with van der Waals surface area (Å²) in [4.78, 5) is 0. The Kier molecular flexibility index (Phi) is 3.65. The van der Waals surface area contributed by atoms with Gasteiger partial charge in [-0.05, 0) is 37.5 Å². The Hall–Kier alpha value is -0.840. The van der Waals surface area contributed by atoms with Gasteiger partial charge in [-0.3, -0.25) is 0 Å². The molecule has 4 heteroatoms. The van der Waals surface area contributed by atoms with Crippen LogP contribution < -0.4 is 5.32 Å². The summed E-state index contributed by atoms with van der Waals surface area (Å²) >= 11 is 3.55. The molecule has 3 nitrogen and oxygen atoms in total. The number of methoxy groups -OCH3 is 1. The number of furan rings is 1. The second kappa shape index (κ2) is 5.27. The highest BCUT2D eigenvalue weighted by Crippen LogP contribution is 2.32. The van der Waals surface area contributed by atoms with Crippen LogP contribution in [0.4, 0.5) is 0 Å². The van der Waals surface area contributed by atoms with Gasteiger partial charge >= 0.3 is 0 Å². The minimum Gasteiger partial charge on any atom is -0.459 e. The first-order chi connectivity index (χ1) is 9.19. The number of fused-ring (bicyclic) bond motifs is 1. The van der Waals surface area contributed by atoms with E-state index in [0.29, 0.717) is 12.6 Å². The number of hydrogen-bond donors (Lipinski definition) is 1. The molecule has 1 heterocycles. The number of nitrogens with one attached hydrogen (secondary N) is 1. The fourth-order valence-electron chi connectivity index (χ4n) is 2.39. The number of aryl methyl sites for hydroxylation is 1. The van der Waals surface area contributed by atoms with E-state index in [2.05, 4.69) is 40.3 Å². The molecule has 0 radical (unpaired) electrons. The van der Waals surface area contributed by atoms with Gasteiger partial charge in [0, 0.05) is 28.6 Å². The van der Waals surface area contributed by atoms with Gasteiger partial charge in [0.2, 0.25) is 0 Å². The molecule has 2 aromatic rings. The predicted octanol–water partition coefficient (Wildman–Crippen LogP) is 3.90. The summed E-state index contributed by atoms with van der Waals surface area (Å²) in [5.74, 6) is 1.00. The normalized spacial score (nSPS) is 15.3.